The van der Waals surface area contributed by atoms with Crippen LogP contribution in [0.15, 0.2) is 36.8 Å². The maximum atomic E-state index is 12.0. The van der Waals surface area contributed by atoms with Gasteiger partial charge in [-0.3, -0.25) is 0 Å². The molecule has 0 aliphatic heterocycles. The van der Waals surface area contributed by atoms with E-state index in [9.17, 15) is 4.39 Å². The molecule has 0 aromatic heterocycles. The predicted molar refractivity (Wildman–Crippen MR) is 32.7 cm³/mol. The number of allylic oxidation sites excluding steroid dienone is 4. The summed E-state index contributed by atoms with van der Waals surface area (Å²) in [5.41, 5.74) is 4.91. The Bertz CT molecular complexity index is 124. The van der Waals surface area contributed by atoms with E-state index < -0.39 is 0 Å². The van der Waals surface area contributed by atoms with Gasteiger partial charge >= 0.3 is 0 Å². The van der Waals surface area contributed by atoms with Crippen LogP contribution in [0.4, 0.5) is 4.39 Å². The zero-order valence-electron chi connectivity index (χ0n) is 4.47. The second-order valence-corrected chi connectivity index (χ2v) is 1.14. The van der Waals surface area contributed by atoms with Crippen molar-refractivity contribution in [3.05, 3.63) is 36.8 Å². The predicted octanol–water partition coefficient (Wildman–Crippen LogP) is 1.50. The Morgan fingerprint density at radius 1 is 1.62 bits per heavy atom. The van der Waals surface area contributed by atoms with Gasteiger partial charge in [0.25, 0.3) is 0 Å². The summed E-state index contributed by atoms with van der Waals surface area (Å²) in [6.45, 7) is 3.20. The minimum atomic E-state index is -0.383. The summed E-state index contributed by atoms with van der Waals surface area (Å²) in [4.78, 5) is 0. The van der Waals surface area contributed by atoms with Gasteiger partial charge in [0, 0.05) is 0 Å². The molecule has 0 saturated heterocycles. The highest BCUT2D eigenvalue weighted by molar-refractivity contribution is 5.14. The molecule has 0 bridgehead atoms. The molecule has 0 fully saturated rings. The van der Waals surface area contributed by atoms with Crippen molar-refractivity contribution in [3.63, 3.8) is 0 Å². The van der Waals surface area contributed by atoms with Crippen LogP contribution in [0.1, 0.15) is 0 Å². The van der Waals surface area contributed by atoms with Crippen molar-refractivity contribution in [2.45, 2.75) is 0 Å². The lowest BCUT2D eigenvalue weighted by molar-refractivity contribution is 0.668. The summed E-state index contributed by atoms with van der Waals surface area (Å²) in [5, 5.41) is 0. The highest BCUT2D eigenvalue weighted by Crippen LogP contribution is 1.94. The Hall–Kier alpha value is -1.05. The summed E-state index contributed by atoms with van der Waals surface area (Å²) in [5.74, 6) is -0.383. The molecule has 0 aromatic carbocycles. The lowest BCUT2D eigenvalue weighted by Gasteiger charge is -1.76. The van der Waals surface area contributed by atoms with Crippen LogP contribution in [0.2, 0.25) is 0 Å². The standard InChI is InChI=1S/C6H8FN/c1-2-6(7)4-3-5-8/h2-5H,1,8H2/b5-3-,6-4+. The van der Waals surface area contributed by atoms with Gasteiger partial charge in [0.05, 0.1) is 0 Å². The SMILES string of the molecule is C=C/C(F)=C\C=C/N. The van der Waals surface area contributed by atoms with Gasteiger partial charge in [-0.05, 0) is 24.4 Å². The van der Waals surface area contributed by atoms with E-state index in [-0.39, 0.29) is 5.83 Å². The summed E-state index contributed by atoms with van der Waals surface area (Å²) >= 11 is 0. The van der Waals surface area contributed by atoms with Crippen molar-refractivity contribution in [1.29, 1.82) is 0 Å². The van der Waals surface area contributed by atoms with Crippen LogP contribution in [0.25, 0.3) is 0 Å². The van der Waals surface area contributed by atoms with Crippen LogP contribution < -0.4 is 5.73 Å². The maximum Gasteiger partial charge on any atom is 0.122 e. The molecule has 1 nitrogen and oxygen atoms in total. The van der Waals surface area contributed by atoms with Gasteiger partial charge in [0.15, 0.2) is 0 Å². The second kappa shape index (κ2) is 4.12. The van der Waals surface area contributed by atoms with E-state index in [0.29, 0.717) is 0 Å². The molecule has 0 radical (unpaired) electrons. The molecule has 2 heteroatoms. The topological polar surface area (TPSA) is 26.0 Å². The van der Waals surface area contributed by atoms with Crippen molar-refractivity contribution in [3.8, 4) is 0 Å². The molecule has 2 N–H and O–H groups in total. The van der Waals surface area contributed by atoms with Crippen molar-refractivity contribution < 1.29 is 4.39 Å². The molecule has 44 valence electrons. The van der Waals surface area contributed by atoms with Crippen molar-refractivity contribution in [2.75, 3.05) is 0 Å². The molecule has 8 heavy (non-hydrogen) atoms. The first-order chi connectivity index (χ1) is 3.81. The van der Waals surface area contributed by atoms with Crippen molar-refractivity contribution >= 4 is 0 Å². The fourth-order valence-corrected chi connectivity index (χ4v) is 0.216. The van der Waals surface area contributed by atoms with E-state index in [1.54, 1.807) is 0 Å². The lowest BCUT2D eigenvalue weighted by Crippen LogP contribution is -1.72. The van der Waals surface area contributed by atoms with Crippen LogP contribution in [0, 0.1) is 0 Å². The number of hydrogen-bond acceptors (Lipinski definition) is 1. The zero-order chi connectivity index (χ0) is 6.41. The van der Waals surface area contributed by atoms with E-state index in [1.807, 2.05) is 0 Å². The second-order valence-electron chi connectivity index (χ2n) is 1.14. The molecule has 0 aliphatic carbocycles. The van der Waals surface area contributed by atoms with Gasteiger partial charge in [-0.15, -0.1) is 0 Å². The summed E-state index contributed by atoms with van der Waals surface area (Å²) in [6, 6.07) is 0. The van der Waals surface area contributed by atoms with Gasteiger partial charge in [0.1, 0.15) is 5.83 Å². The Labute approximate surface area is 48.0 Å². The van der Waals surface area contributed by atoms with Gasteiger partial charge in [-0.1, -0.05) is 6.58 Å². The lowest BCUT2D eigenvalue weighted by atomic mass is 10.4. The molecular weight excluding hydrogens is 105 g/mol. The Morgan fingerprint density at radius 2 is 2.25 bits per heavy atom. The van der Waals surface area contributed by atoms with Crippen LogP contribution in [-0.2, 0) is 0 Å². The third-order valence-corrected chi connectivity index (χ3v) is 0.562. The molecule has 0 atom stereocenters. The largest absolute Gasteiger partial charge is 0.405 e. The fourth-order valence-electron chi connectivity index (χ4n) is 0.216. The Morgan fingerprint density at radius 3 is 2.62 bits per heavy atom. The molecule has 0 aromatic rings. The number of rotatable bonds is 2. The van der Waals surface area contributed by atoms with Gasteiger partial charge in [-0.25, -0.2) is 4.39 Å². The number of halogens is 1. The molecule has 0 heterocycles. The highest BCUT2D eigenvalue weighted by atomic mass is 19.1. The molecule has 0 spiro atoms. The Balaban J connectivity index is 3.74. The Kier molecular flexibility index (Phi) is 3.58. The average Bonchev–Trinajstić information content (AvgIpc) is 1.83. The molecule has 0 aliphatic rings. The van der Waals surface area contributed by atoms with Crippen LogP contribution in [-0.4, -0.2) is 0 Å². The molecule has 0 amide bonds. The van der Waals surface area contributed by atoms with Crippen LogP contribution in [0.3, 0.4) is 0 Å². The van der Waals surface area contributed by atoms with Crippen LogP contribution in [0.5, 0.6) is 0 Å². The van der Waals surface area contributed by atoms with E-state index in [2.05, 4.69) is 6.58 Å². The highest BCUT2D eigenvalue weighted by Gasteiger charge is 1.76. The first-order valence-corrected chi connectivity index (χ1v) is 2.17. The number of nitrogens with two attached hydrogens (primary N) is 1. The van der Waals surface area contributed by atoms with E-state index in [4.69, 9.17) is 5.73 Å². The summed E-state index contributed by atoms with van der Waals surface area (Å²) in [7, 11) is 0. The summed E-state index contributed by atoms with van der Waals surface area (Å²) < 4.78 is 12.0. The normalized spacial score (nSPS) is 12.4. The third kappa shape index (κ3) is 3.15. The molecule has 0 saturated carbocycles. The molecule has 0 unspecified atom stereocenters. The number of hydrogen-bond donors (Lipinski definition) is 1. The van der Waals surface area contributed by atoms with E-state index >= 15 is 0 Å². The fraction of sp³-hybridized carbons (Fsp3) is 0. The minimum Gasteiger partial charge on any atom is -0.405 e. The third-order valence-electron chi connectivity index (χ3n) is 0.562. The first-order valence-electron chi connectivity index (χ1n) is 2.17. The first kappa shape index (κ1) is 6.95. The van der Waals surface area contributed by atoms with E-state index in [1.165, 1.54) is 18.4 Å². The van der Waals surface area contributed by atoms with Gasteiger partial charge in [0.2, 0.25) is 0 Å². The maximum absolute atomic E-state index is 12.0. The smallest absolute Gasteiger partial charge is 0.122 e. The summed E-state index contributed by atoms with van der Waals surface area (Å²) in [6.07, 6.45) is 4.99. The molecular formula is C6H8FN. The van der Waals surface area contributed by atoms with Crippen LogP contribution >= 0.6 is 0 Å². The quantitative estimate of drug-likeness (QED) is 0.539. The van der Waals surface area contributed by atoms with Crippen molar-refractivity contribution in [2.24, 2.45) is 5.73 Å². The van der Waals surface area contributed by atoms with E-state index in [0.717, 1.165) is 6.08 Å². The van der Waals surface area contributed by atoms with Crippen molar-refractivity contribution in [1.82, 2.24) is 0 Å². The average molecular weight is 113 g/mol. The van der Waals surface area contributed by atoms with Gasteiger partial charge in [-0.2, -0.15) is 0 Å². The monoisotopic (exact) mass is 113 g/mol. The minimum absolute atomic E-state index is 0.383. The zero-order valence-corrected chi connectivity index (χ0v) is 4.47. The van der Waals surface area contributed by atoms with Gasteiger partial charge < -0.3 is 5.73 Å². The molecule has 0 rings (SSSR count).